The number of nitrogens with zero attached hydrogens (tertiary/aromatic N) is 1. The Labute approximate surface area is 140 Å². The number of rotatable bonds is 6. The molecule has 1 N–H and O–H groups in total. The van der Waals surface area contributed by atoms with Crippen LogP contribution < -0.4 is 14.8 Å². The number of nitrogens with one attached hydrogen (secondary N) is 1. The topological polar surface area (TPSA) is 60.5 Å². The Balaban J connectivity index is 1.89. The summed E-state index contributed by atoms with van der Waals surface area (Å²) < 4.78 is 10.7. The molecule has 1 aromatic carbocycles. The van der Waals surface area contributed by atoms with E-state index in [-0.39, 0.29) is 5.91 Å². The first-order valence-corrected chi connectivity index (χ1v) is 7.57. The first-order valence-electron chi connectivity index (χ1n) is 7.19. The van der Waals surface area contributed by atoms with Crippen molar-refractivity contribution in [2.45, 2.75) is 26.5 Å². The van der Waals surface area contributed by atoms with Gasteiger partial charge in [-0.15, -0.1) is 0 Å². The maximum atomic E-state index is 12.1. The van der Waals surface area contributed by atoms with Gasteiger partial charge < -0.3 is 14.8 Å². The Morgan fingerprint density at radius 1 is 1.35 bits per heavy atom. The van der Waals surface area contributed by atoms with E-state index in [4.69, 9.17) is 21.1 Å². The van der Waals surface area contributed by atoms with Gasteiger partial charge in [-0.2, -0.15) is 0 Å². The molecule has 1 amide bonds. The van der Waals surface area contributed by atoms with Crippen LogP contribution in [0.1, 0.15) is 18.1 Å². The van der Waals surface area contributed by atoms with Crippen molar-refractivity contribution in [3.8, 4) is 11.6 Å². The summed E-state index contributed by atoms with van der Waals surface area (Å²) in [6.07, 6.45) is 1.05. The van der Waals surface area contributed by atoms with Crippen LogP contribution in [0.4, 0.5) is 0 Å². The van der Waals surface area contributed by atoms with Crippen molar-refractivity contribution in [2.24, 2.45) is 0 Å². The van der Waals surface area contributed by atoms with Crippen LogP contribution in [0.3, 0.4) is 0 Å². The molecule has 0 aliphatic rings. The van der Waals surface area contributed by atoms with Gasteiger partial charge in [0, 0.05) is 23.8 Å². The fraction of sp³-hybridized carbons (Fsp3) is 0.294. The van der Waals surface area contributed by atoms with E-state index in [2.05, 4.69) is 10.3 Å². The number of carbonyl (C=O) groups is 1. The Morgan fingerprint density at radius 2 is 2.13 bits per heavy atom. The normalized spacial score (nSPS) is 11.7. The SMILES string of the molecule is COc1ccc(CNC(=O)C(C)Oc2ccc(Cl)cc2C)cn1. The molecule has 1 unspecified atom stereocenters. The average molecular weight is 335 g/mol. The van der Waals surface area contributed by atoms with Gasteiger partial charge in [0.15, 0.2) is 6.10 Å². The van der Waals surface area contributed by atoms with E-state index >= 15 is 0 Å². The Hall–Kier alpha value is -2.27. The van der Waals surface area contributed by atoms with E-state index in [9.17, 15) is 4.79 Å². The van der Waals surface area contributed by atoms with Crippen LogP contribution >= 0.6 is 11.6 Å². The molecule has 0 saturated heterocycles. The van der Waals surface area contributed by atoms with Crippen molar-refractivity contribution in [1.82, 2.24) is 10.3 Å². The summed E-state index contributed by atoms with van der Waals surface area (Å²) in [6, 6.07) is 8.89. The van der Waals surface area contributed by atoms with Gasteiger partial charge in [-0.3, -0.25) is 4.79 Å². The molecule has 23 heavy (non-hydrogen) atoms. The van der Waals surface area contributed by atoms with E-state index in [1.807, 2.05) is 13.0 Å². The zero-order valence-electron chi connectivity index (χ0n) is 13.3. The third-order valence-corrected chi connectivity index (χ3v) is 3.52. The fourth-order valence-electron chi connectivity index (χ4n) is 1.96. The van der Waals surface area contributed by atoms with Crippen LogP contribution in [0.5, 0.6) is 11.6 Å². The van der Waals surface area contributed by atoms with E-state index < -0.39 is 6.10 Å². The number of benzene rings is 1. The highest BCUT2D eigenvalue weighted by Crippen LogP contribution is 2.22. The summed E-state index contributed by atoms with van der Waals surface area (Å²) in [5.41, 5.74) is 1.77. The lowest BCUT2D eigenvalue weighted by molar-refractivity contribution is -0.127. The molecular weight excluding hydrogens is 316 g/mol. The van der Waals surface area contributed by atoms with Crippen LogP contribution in [0.15, 0.2) is 36.5 Å². The Morgan fingerprint density at radius 3 is 2.74 bits per heavy atom. The second kappa shape index (κ2) is 7.83. The summed E-state index contributed by atoms with van der Waals surface area (Å²) in [7, 11) is 1.56. The lowest BCUT2D eigenvalue weighted by Crippen LogP contribution is -2.36. The third-order valence-electron chi connectivity index (χ3n) is 3.28. The number of amides is 1. The molecule has 2 rings (SSSR count). The van der Waals surface area contributed by atoms with Gasteiger partial charge >= 0.3 is 0 Å². The number of pyridine rings is 1. The van der Waals surface area contributed by atoms with E-state index in [1.165, 1.54) is 0 Å². The lowest BCUT2D eigenvalue weighted by Gasteiger charge is -2.16. The zero-order valence-corrected chi connectivity index (χ0v) is 14.1. The Bertz CT molecular complexity index is 674. The minimum Gasteiger partial charge on any atom is -0.481 e. The van der Waals surface area contributed by atoms with Gasteiger partial charge in [-0.25, -0.2) is 4.98 Å². The maximum Gasteiger partial charge on any atom is 0.261 e. The second-order valence-corrected chi connectivity index (χ2v) is 5.53. The minimum absolute atomic E-state index is 0.199. The van der Waals surface area contributed by atoms with Crippen molar-refractivity contribution < 1.29 is 14.3 Å². The number of hydrogen-bond acceptors (Lipinski definition) is 4. The molecule has 1 heterocycles. The summed E-state index contributed by atoms with van der Waals surface area (Å²) in [4.78, 5) is 16.2. The molecule has 5 nitrogen and oxygen atoms in total. The molecule has 1 atom stereocenters. The maximum absolute atomic E-state index is 12.1. The predicted octanol–water partition coefficient (Wildman–Crippen LogP) is 3.14. The van der Waals surface area contributed by atoms with Crippen molar-refractivity contribution in [2.75, 3.05) is 7.11 Å². The third kappa shape index (κ3) is 4.86. The van der Waals surface area contributed by atoms with Crippen LogP contribution in [0.2, 0.25) is 5.02 Å². The highest BCUT2D eigenvalue weighted by molar-refractivity contribution is 6.30. The molecule has 0 radical (unpaired) electrons. The fourth-order valence-corrected chi connectivity index (χ4v) is 2.18. The summed E-state index contributed by atoms with van der Waals surface area (Å²) >= 11 is 5.91. The number of aryl methyl sites for hydroxylation is 1. The lowest BCUT2D eigenvalue weighted by atomic mass is 10.2. The number of hydrogen-bond donors (Lipinski definition) is 1. The van der Waals surface area contributed by atoms with E-state index in [1.54, 1.807) is 44.5 Å². The quantitative estimate of drug-likeness (QED) is 0.881. The molecule has 0 saturated carbocycles. The monoisotopic (exact) mass is 334 g/mol. The molecule has 2 aromatic rings. The van der Waals surface area contributed by atoms with Crippen molar-refractivity contribution in [3.63, 3.8) is 0 Å². The smallest absolute Gasteiger partial charge is 0.261 e. The van der Waals surface area contributed by atoms with Crippen LogP contribution in [0, 0.1) is 6.92 Å². The van der Waals surface area contributed by atoms with Crippen LogP contribution in [-0.2, 0) is 11.3 Å². The van der Waals surface area contributed by atoms with Crippen LogP contribution in [0.25, 0.3) is 0 Å². The highest BCUT2D eigenvalue weighted by atomic mass is 35.5. The first kappa shape index (κ1) is 17.1. The van der Waals surface area contributed by atoms with Crippen molar-refractivity contribution >= 4 is 17.5 Å². The molecule has 0 spiro atoms. The van der Waals surface area contributed by atoms with E-state index in [0.717, 1.165) is 11.1 Å². The number of halogens is 1. The van der Waals surface area contributed by atoms with Gasteiger partial charge in [0.1, 0.15) is 5.75 Å². The number of carbonyl (C=O) groups excluding carboxylic acids is 1. The minimum atomic E-state index is -0.610. The number of ether oxygens (including phenoxy) is 2. The molecule has 1 aromatic heterocycles. The largest absolute Gasteiger partial charge is 0.481 e. The van der Waals surface area contributed by atoms with Crippen LogP contribution in [-0.4, -0.2) is 24.1 Å². The molecule has 0 fully saturated rings. The molecular formula is C17H19ClN2O3. The van der Waals surface area contributed by atoms with Crippen molar-refractivity contribution in [3.05, 3.63) is 52.7 Å². The zero-order chi connectivity index (χ0) is 16.8. The van der Waals surface area contributed by atoms with E-state index in [0.29, 0.717) is 23.2 Å². The van der Waals surface area contributed by atoms with Crippen molar-refractivity contribution in [1.29, 1.82) is 0 Å². The molecule has 0 aliphatic carbocycles. The van der Waals surface area contributed by atoms with Gasteiger partial charge in [-0.1, -0.05) is 17.7 Å². The second-order valence-electron chi connectivity index (χ2n) is 5.10. The summed E-state index contributed by atoms with van der Waals surface area (Å²) in [6.45, 7) is 3.97. The number of methoxy groups -OCH3 is 1. The Kier molecular flexibility index (Phi) is 5.82. The van der Waals surface area contributed by atoms with Gasteiger partial charge in [0.05, 0.1) is 7.11 Å². The molecule has 122 valence electrons. The number of aromatic nitrogens is 1. The van der Waals surface area contributed by atoms with Gasteiger partial charge in [0.2, 0.25) is 5.88 Å². The molecule has 6 heteroatoms. The summed E-state index contributed by atoms with van der Waals surface area (Å²) in [5.74, 6) is 0.980. The molecule has 0 bridgehead atoms. The van der Waals surface area contributed by atoms with Gasteiger partial charge in [0.25, 0.3) is 5.91 Å². The average Bonchev–Trinajstić information content (AvgIpc) is 2.55. The van der Waals surface area contributed by atoms with Gasteiger partial charge in [-0.05, 0) is 43.2 Å². The predicted molar refractivity (Wildman–Crippen MR) is 88.9 cm³/mol. The first-order chi connectivity index (χ1) is 11.0. The summed E-state index contributed by atoms with van der Waals surface area (Å²) in [5, 5.41) is 3.45. The molecule has 0 aliphatic heterocycles. The highest BCUT2D eigenvalue weighted by Gasteiger charge is 2.15. The standard InChI is InChI=1S/C17H19ClN2O3/c1-11-8-14(18)5-6-15(11)23-12(2)17(21)20-10-13-4-7-16(22-3)19-9-13/h4-9,12H,10H2,1-3H3,(H,20,21).